The van der Waals surface area contributed by atoms with Crippen LogP contribution >= 0.6 is 37.9 Å². The minimum atomic E-state index is -0.708. The summed E-state index contributed by atoms with van der Waals surface area (Å²) in [5.41, 5.74) is -0.708. The molecule has 0 amide bonds. The van der Waals surface area contributed by atoms with Crippen molar-refractivity contribution in [3.05, 3.63) is 0 Å². The van der Waals surface area contributed by atoms with Crippen molar-refractivity contribution in [1.82, 2.24) is 0 Å². The first-order valence-corrected chi connectivity index (χ1v) is 13.7. The summed E-state index contributed by atoms with van der Waals surface area (Å²) in [6.45, 7) is 1.06. The van der Waals surface area contributed by atoms with Crippen LogP contribution in [0, 0.1) is 5.41 Å². The lowest BCUT2D eigenvalue weighted by Gasteiger charge is -2.20. The quantitative estimate of drug-likeness (QED) is 0.0889. The molecule has 0 bridgehead atoms. The van der Waals surface area contributed by atoms with Crippen LogP contribution in [0.15, 0.2) is 0 Å². The van der Waals surface area contributed by atoms with E-state index in [1.165, 1.54) is 0 Å². The Morgan fingerprint density at radius 2 is 0.743 bits per heavy atom. The van der Waals surface area contributed by atoms with Crippen LogP contribution in [0.3, 0.4) is 0 Å². The molecule has 35 heavy (non-hydrogen) atoms. The van der Waals surface area contributed by atoms with Gasteiger partial charge < -0.3 is 30.6 Å². The van der Waals surface area contributed by atoms with Gasteiger partial charge in [-0.05, 0) is 55.8 Å². The molecule has 6 N–H and O–H groups in total. The zero-order chi connectivity index (χ0) is 28.0. The SMILES string of the molecule is CC(CO)(CO)CO.O=C(O)CCCCCS.O=C(O)CCCCCS.O=C(O)CCCCCS. The van der Waals surface area contributed by atoms with E-state index in [9.17, 15) is 14.4 Å². The second-order valence-corrected chi connectivity index (χ2v) is 9.41. The molecule has 212 valence electrons. The minimum absolute atomic E-state index is 0.181. The number of unbranched alkanes of at least 4 members (excludes halogenated alkanes) is 6. The first kappa shape index (κ1) is 41.5. The van der Waals surface area contributed by atoms with Gasteiger partial charge in [0.05, 0.1) is 19.8 Å². The fraction of sp³-hybridized carbons (Fsp3) is 0.870. The fourth-order valence-corrected chi connectivity index (χ4v) is 2.52. The second kappa shape index (κ2) is 33.3. The van der Waals surface area contributed by atoms with Crippen LogP contribution in [0.25, 0.3) is 0 Å². The molecule has 0 aliphatic heterocycles. The Morgan fingerprint density at radius 3 is 0.857 bits per heavy atom. The number of carbonyl (C=O) groups is 3. The van der Waals surface area contributed by atoms with Crippen molar-refractivity contribution < 1.29 is 45.0 Å². The molecule has 0 saturated carbocycles. The van der Waals surface area contributed by atoms with Crippen LogP contribution in [0.5, 0.6) is 0 Å². The normalized spacial score (nSPS) is 10.0. The van der Waals surface area contributed by atoms with Gasteiger partial charge in [0, 0.05) is 24.7 Å². The van der Waals surface area contributed by atoms with Crippen molar-refractivity contribution in [2.24, 2.45) is 5.41 Å². The number of aliphatic carboxylic acids is 3. The maximum atomic E-state index is 9.94. The maximum absolute atomic E-state index is 9.94. The van der Waals surface area contributed by atoms with Gasteiger partial charge in [-0.3, -0.25) is 14.4 Å². The van der Waals surface area contributed by atoms with Gasteiger partial charge in [0.2, 0.25) is 0 Å². The summed E-state index contributed by atoms with van der Waals surface area (Å²) in [7, 11) is 0. The van der Waals surface area contributed by atoms with Crippen LogP contribution in [0.4, 0.5) is 0 Å². The van der Waals surface area contributed by atoms with Gasteiger partial charge in [0.1, 0.15) is 0 Å². The molecule has 0 radical (unpaired) electrons. The first-order valence-electron chi connectivity index (χ1n) is 11.8. The summed E-state index contributed by atoms with van der Waals surface area (Å²) < 4.78 is 0. The highest BCUT2D eigenvalue weighted by molar-refractivity contribution is 7.80. The Hall–Kier alpha value is -0.660. The molecule has 0 aromatic rings. The van der Waals surface area contributed by atoms with Crippen LogP contribution < -0.4 is 0 Å². The molecule has 0 aliphatic carbocycles. The van der Waals surface area contributed by atoms with Gasteiger partial charge >= 0.3 is 17.9 Å². The Morgan fingerprint density at radius 1 is 0.514 bits per heavy atom. The number of hydrogen-bond acceptors (Lipinski definition) is 9. The average Bonchev–Trinajstić information content (AvgIpc) is 2.83. The number of hydrogen-bond donors (Lipinski definition) is 9. The highest BCUT2D eigenvalue weighted by atomic mass is 32.1. The monoisotopic (exact) mass is 564 g/mol. The minimum Gasteiger partial charge on any atom is -0.481 e. The predicted molar refractivity (Wildman–Crippen MR) is 149 cm³/mol. The van der Waals surface area contributed by atoms with Crippen molar-refractivity contribution in [2.45, 2.75) is 84.0 Å². The molecular weight excluding hydrogens is 516 g/mol. The molecular formula is C23H48O9S3. The Balaban J connectivity index is -0.000000183. The fourth-order valence-electron chi connectivity index (χ4n) is 1.84. The number of carboxylic acid groups (broad SMARTS) is 3. The van der Waals surface area contributed by atoms with Crippen molar-refractivity contribution >= 4 is 55.8 Å². The zero-order valence-corrected chi connectivity index (χ0v) is 23.7. The summed E-state index contributed by atoms with van der Waals surface area (Å²) >= 11 is 12.0. The lowest BCUT2D eigenvalue weighted by atomic mass is 9.95. The summed E-state index contributed by atoms with van der Waals surface area (Å²) in [5.74, 6) is 0.483. The van der Waals surface area contributed by atoms with Gasteiger partial charge in [0.15, 0.2) is 0 Å². The molecule has 0 unspecified atom stereocenters. The van der Waals surface area contributed by atoms with Crippen LogP contribution in [0.2, 0.25) is 0 Å². The number of rotatable bonds is 18. The van der Waals surface area contributed by atoms with Crippen molar-refractivity contribution in [3.63, 3.8) is 0 Å². The van der Waals surface area contributed by atoms with Crippen molar-refractivity contribution in [1.29, 1.82) is 0 Å². The molecule has 0 saturated heterocycles. The molecule has 0 fully saturated rings. The summed E-state index contributed by atoms with van der Waals surface area (Å²) in [6.07, 6.45) is 9.28. The summed E-state index contributed by atoms with van der Waals surface area (Å²) in [4.78, 5) is 29.8. The molecule has 0 aromatic carbocycles. The highest BCUT2D eigenvalue weighted by Crippen LogP contribution is 2.11. The van der Waals surface area contributed by atoms with E-state index in [2.05, 4.69) is 37.9 Å². The summed E-state index contributed by atoms with van der Waals surface area (Å²) in [6, 6.07) is 0. The van der Waals surface area contributed by atoms with Crippen LogP contribution in [-0.4, -0.2) is 85.6 Å². The number of carboxylic acids is 3. The third kappa shape index (κ3) is 47.2. The summed E-state index contributed by atoms with van der Waals surface area (Å²) in [5, 5.41) is 50.0. The standard InChI is InChI=1S/3C6H12O2S.C5H12O3/c3*7-6(8)4-2-1-3-5-9;1-5(2-6,3-7)4-8/h3*9H,1-5H2,(H,7,8);6-8H,2-4H2,1H3. The average molecular weight is 565 g/mol. The zero-order valence-electron chi connectivity index (χ0n) is 21.0. The molecule has 9 nitrogen and oxygen atoms in total. The van der Waals surface area contributed by atoms with Gasteiger partial charge in [-0.2, -0.15) is 37.9 Å². The van der Waals surface area contributed by atoms with E-state index in [1.54, 1.807) is 6.92 Å². The molecule has 12 heteroatoms. The van der Waals surface area contributed by atoms with Crippen LogP contribution in [-0.2, 0) is 14.4 Å². The Kier molecular flexibility index (Phi) is 39.5. The topological polar surface area (TPSA) is 173 Å². The predicted octanol–water partition coefficient (Wildman–Crippen LogP) is 3.65. The van der Waals surface area contributed by atoms with E-state index in [0.29, 0.717) is 19.3 Å². The van der Waals surface area contributed by atoms with E-state index in [1.807, 2.05) is 0 Å². The smallest absolute Gasteiger partial charge is 0.303 e. The third-order valence-corrected chi connectivity index (χ3v) is 5.24. The number of aliphatic hydroxyl groups excluding tert-OH is 3. The maximum Gasteiger partial charge on any atom is 0.303 e. The Bertz CT molecular complexity index is 417. The number of thiol groups is 3. The van der Waals surface area contributed by atoms with Gasteiger partial charge in [-0.1, -0.05) is 26.2 Å². The van der Waals surface area contributed by atoms with E-state index in [4.69, 9.17) is 30.6 Å². The molecule has 0 spiro atoms. The van der Waals surface area contributed by atoms with Crippen molar-refractivity contribution in [3.8, 4) is 0 Å². The van der Waals surface area contributed by atoms with Gasteiger partial charge in [0.25, 0.3) is 0 Å². The van der Waals surface area contributed by atoms with Gasteiger partial charge in [-0.25, -0.2) is 0 Å². The molecule has 0 rings (SSSR count). The van der Waals surface area contributed by atoms with E-state index in [0.717, 1.165) is 75.0 Å². The molecule has 0 heterocycles. The second-order valence-electron chi connectivity index (χ2n) is 8.07. The van der Waals surface area contributed by atoms with Crippen LogP contribution in [0.1, 0.15) is 84.0 Å². The van der Waals surface area contributed by atoms with Gasteiger partial charge in [-0.15, -0.1) is 0 Å². The number of aliphatic hydroxyl groups is 3. The lowest BCUT2D eigenvalue weighted by Crippen LogP contribution is -2.29. The van der Waals surface area contributed by atoms with E-state index in [-0.39, 0.29) is 19.8 Å². The van der Waals surface area contributed by atoms with E-state index < -0.39 is 23.3 Å². The third-order valence-electron chi connectivity index (χ3n) is 4.29. The highest BCUT2D eigenvalue weighted by Gasteiger charge is 2.20. The van der Waals surface area contributed by atoms with E-state index >= 15 is 0 Å². The molecule has 0 atom stereocenters. The molecule has 0 aromatic heterocycles. The molecule has 0 aliphatic rings. The van der Waals surface area contributed by atoms with Crippen molar-refractivity contribution in [2.75, 3.05) is 37.1 Å². The lowest BCUT2D eigenvalue weighted by molar-refractivity contribution is -0.138. The first-order chi connectivity index (χ1) is 16.5. The Labute approximate surface area is 227 Å². The largest absolute Gasteiger partial charge is 0.481 e.